The maximum Gasteiger partial charge on any atom is 0.284 e. The van der Waals surface area contributed by atoms with Gasteiger partial charge in [-0.1, -0.05) is 36.1 Å². The normalized spacial score (nSPS) is 20.7. The van der Waals surface area contributed by atoms with Gasteiger partial charge in [-0.3, -0.25) is 4.79 Å². The summed E-state index contributed by atoms with van der Waals surface area (Å²) in [5.74, 6) is 1.29. The summed E-state index contributed by atoms with van der Waals surface area (Å²) in [5.41, 5.74) is -0.364. The Morgan fingerprint density at radius 3 is 2.21 bits per heavy atom. The molecular formula is C22H29NO4S. The predicted octanol–water partition coefficient (Wildman–Crippen LogP) is 4.57. The lowest BCUT2D eigenvalue weighted by Gasteiger charge is -2.43. The van der Waals surface area contributed by atoms with Gasteiger partial charge in [-0.2, -0.15) is 0 Å². The largest absolute Gasteiger partial charge is 0.493 e. The van der Waals surface area contributed by atoms with E-state index in [1.807, 2.05) is 18.2 Å². The van der Waals surface area contributed by atoms with Crippen LogP contribution in [0.25, 0.3) is 0 Å². The Labute approximate surface area is 171 Å². The third-order valence-corrected chi connectivity index (χ3v) is 6.57. The number of benzene rings is 1. The highest BCUT2D eigenvalue weighted by atomic mass is 32.2. The fourth-order valence-electron chi connectivity index (χ4n) is 3.71. The molecule has 2 rings (SSSR count). The Morgan fingerprint density at radius 1 is 1.07 bits per heavy atom. The van der Waals surface area contributed by atoms with Crippen LogP contribution < -0.4 is 9.47 Å². The number of nitrogens with zero attached hydrogens (tertiary/aromatic N) is 1. The number of methoxy groups -OCH3 is 2. The van der Waals surface area contributed by atoms with Crippen molar-refractivity contribution in [1.82, 2.24) is 4.90 Å². The molecule has 1 atom stereocenters. The van der Waals surface area contributed by atoms with E-state index in [0.717, 1.165) is 5.56 Å². The van der Waals surface area contributed by atoms with Gasteiger partial charge in [0.05, 0.1) is 19.0 Å². The van der Waals surface area contributed by atoms with Crippen molar-refractivity contribution in [1.29, 1.82) is 0 Å². The highest BCUT2D eigenvalue weighted by Gasteiger charge is 2.61. The number of thioether (sulfide) groups is 1. The van der Waals surface area contributed by atoms with Crippen molar-refractivity contribution in [3.8, 4) is 11.5 Å². The molecule has 1 unspecified atom stereocenters. The molecule has 6 heteroatoms. The van der Waals surface area contributed by atoms with Gasteiger partial charge in [-0.15, -0.1) is 19.7 Å². The zero-order valence-corrected chi connectivity index (χ0v) is 17.5. The van der Waals surface area contributed by atoms with Gasteiger partial charge in [0.25, 0.3) is 5.24 Å². The van der Waals surface area contributed by atoms with Crippen molar-refractivity contribution in [3.05, 3.63) is 61.7 Å². The average Bonchev–Trinajstić information content (AvgIpc) is 2.87. The molecule has 1 aliphatic rings. The highest BCUT2D eigenvalue weighted by Crippen LogP contribution is 2.53. The van der Waals surface area contributed by atoms with E-state index in [4.69, 9.17) is 9.47 Å². The van der Waals surface area contributed by atoms with Crippen molar-refractivity contribution < 1.29 is 19.4 Å². The standard InChI is InChI=1S/C22H29NO4S/c1-6-12-21(13-7-2)22(25,14-8-3)23(20(24)28-21)15-11-17-9-10-18(26-4)19(16-17)27-5/h6-10,16,25H,1-3,11-15H2,4-5H3. The molecule has 1 saturated heterocycles. The van der Waals surface area contributed by atoms with E-state index in [1.165, 1.54) is 11.8 Å². The van der Waals surface area contributed by atoms with Crippen molar-refractivity contribution >= 4 is 17.0 Å². The number of rotatable bonds is 11. The Bertz CT molecular complexity index is 738. The minimum atomic E-state index is -1.35. The maximum absolute atomic E-state index is 12.9. The first-order valence-electron chi connectivity index (χ1n) is 9.18. The lowest BCUT2D eigenvalue weighted by Crippen LogP contribution is -2.57. The molecule has 1 aromatic carbocycles. The molecule has 1 heterocycles. The molecule has 1 amide bonds. The molecule has 1 aliphatic heterocycles. The summed E-state index contributed by atoms with van der Waals surface area (Å²) in [6.45, 7) is 11.8. The average molecular weight is 404 g/mol. The number of hydrogen-bond acceptors (Lipinski definition) is 5. The van der Waals surface area contributed by atoms with Crippen LogP contribution in [0.15, 0.2) is 56.2 Å². The summed E-state index contributed by atoms with van der Waals surface area (Å²) < 4.78 is 9.90. The van der Waals surface area contributed by atoms with Crippen LogP contribution in [-0.2, 0) is 6.42 Å². The van der Waals surface area contributed by atoms with Crippen molar-refractivity contribution in [3.63, 3.8) is 0 Å². The third kappa shape index (κ3) is 3.98. The number of hydrogen-bond donors (Lipinski definition) is 1. The molecule has 0 spiro atoms. The monoisotopic (exact) mass is 403 g/mol. The Hall–Kier alpha value is -2.18. The van der Waals surface area contributed by atoms with E-state index in [1.54, 1.807) is 37.3 Å². The van der Waals surface area contributed by atoms with Crippen molar-refractivity contribution in [2.45, 2.75) is 36.2 Å². The smallest absolute Gasteiger partial charge is 0.284 e. The first kappa shape index (κ1) is 22.1. The van der Waals surface area contributed by atoms with Crippen LogP contribution in [0.3, 0.4) is 0 Å². The predicted molar refractivity (Wildman–Crippen MR) is 115 cm³/mol. The minimum Gasteiger partial charge on any atom is -0.493 e. The van der Waals surface area contributed by atoms with Gasteiger partial charge in [0, 0.05) is 13.0 Å². The topological polar surface area (TPSA) is 59.0 Å². The van der Waals surface area contributed by atoms with E-state index >= 15 is 0 Å². The fraction of sp³-hybridized carbons (Fsp3) is 0.409. The van der Waals surface area contributed by atoms with Crippen molar-refractivity contribution in [2.75, 3.05) is 20.8 Å². The zero-order chi connectivity index (χ0) is 20.8. The summed E-state index contributed by atoms with van der Waals surface area (Å²) in [6.07, 6.45) is 6.98. The molecule has 1 fully saturated rings. The summed E-state index contributed by atoms with van der Waals surface area (Å²) >= 11 is 1.17. The fourth-order valence-corrected chi connectivity index (χ4v) is 5.16. The summed E-state index contributed by atoms with van der Waals surface area (Å²) in [4.78, 5) is 14.4. The van der Waals surface area contributed by atoms with E-state index in [0.29, 0.717) is 37.3 Å². The van der Waals surface area contributed by atoms with E-state index in [2.05, 4.69) is 19.7 Å². The quantitative estimate of drug-likeness (QED) is 0.549. The van der Waals surface area contributed by atoms with Crippen LogP contribution in [-0.4, -0.2) is 46.5 Å². The number of aliphatic hydroxyl groups is 1. The molecule has 1 aromatic rings. The van der Waals surface area contributed by atoms with E-state index in [9.17, 15) is 9.90 Å². The molecule has 28 heavy (non-hydrogen) atoms. The second-order valence-corrected chi connectivity index (χ2v) is 8.08. The van der Waals surface area contributed by atoms with Crippen molar-refractivity contribution in [2.24, 2.45) is 0 Å². The van der Waals surface area contributed by atoms with Crippen LogP contribution in [0.4, 0.5) is 4.79 Å². The van der Waals surface area contributed by atoms with Crippen LogP contribution in [0.5, 0.6) is 11.5 Å². The number of carbonyl (C=O) groups excluding carboxylic acids is 1. The Kier molecular flexibility index (Phi) is 7.38. The molecular weight excluding hydrogens is 374 g/mol. The summed E-state index contributed by atoms with van der Waals surface area (Å²) in [7, 11) is 3.18. The van der Waals surface area contributed by atoms with Crippen LogP contribution >= 0.6 is 11.8 Å². The molecule has 0 aliphatic carbocycles. The lowest BCUT2D eigenvalue weighted by molar-refractivity contribution is -0.0952. The van der Waals surface area contributed by atoms with E-state index in [-0.39, 0.29) is 11.7 Å². The van der Waals surface area contributed by atoms with Gasteiger partial charge in [0.1, 0.15) is 0 Å². The highest BCUT2D eigenvalue weighted by molar-refractivity contribution is 8.15. The molecule has 5 nitrogen and oxygen atoms in total. The first-order chi connectivity index (χ1) is 13.4. The second kappa shape index (κ2) is 9.34. The minimum absolute atomic E-state index is 0.145. The molecule has 0 bridgehead atoms. The Morgan fingerprint density at radius 2 is 1.68 bits per heavy atom. The van der Waals surface area contributed by atoms with Gasteiger partial charge < -0.3 is 19.5 Å². The van der Waals surface area contributed by atoms with Gasteiger partial charge >= 0.3 is 0 Å². The second-order valence-electron chi connectivity index (χ2n) is 6.75. The zero-order valence-electron chi connectivity index (χ0n) is 16.6. The van der Waals surface area contributed by atoms with Gasteiger partial charge in [0.15, 0.2) is 17.2 Å². The number of carbonyl (C=O) groups is 1. The maximum atomic E-state index is 12.9. The van der Waals surface area contributed by atoms with Crippen LogP contribution in [0, 0.1) is 0 Å². The summed E-state index contributed by atoms with van der Waals surface area (Å²) in [6, 6.07) is 5.66. The first-order valence-corrected chi connectivity index (χ1v) is 9.99. The van der Waals surface area contributed by atoms with Gasteiger partial charge in [-0.05, 0) is 37.0 Å². The van der Waals surface area contributed by atoms with Gasteiger partial charge in [-0.25, -0.2) is 0 Å². The Balaban J connectivity index is 2.30. The molecule has 1 N–H and O–H groups in total. The SMILES string of the molecule is C=CCC1(CC=C)SC(=O)N(CCc2ccc(OC)c(OC)c2)C1(O)CC=C. The lowest BCUT2D eigenvalue weighted by atomic mass is 9.84. The summed E-state index contributed by atoms with van der Waals surface area (Å²) in [5, 5.41) is 11.5. The molecule has 152 valence electrons. The van der Waals surface area contributed by atoms with E-state index < -0.39 is 10.5 Å². The van der Waals surface area contributed by atoms with Gasteiger partial charge in [0.2, 0.25) is 0 Å². The molecule has 0 aromatic heterocycles. The molecule has 0 radical (unpaired) electrons. The van der Waals surface area contributed by atoms with Crippen LogP contribution in [0.2, 0.25) is 0 Å². The van der Waals surface area contributed by atoms with Crippen LogP contribution in [0.1, 0.15) is 24.8 Å². The molecule has 0 saturated carbocycles. The number of allylic oxidation sites excluding steroid dienone is 2. The number of amides is 1. The number of ether oxygens (including phenoxy) is 2. The third-order valence-electron chi connectivity index (χ3n) is 5.13.